The summed E-state index contributed by atoms with van der Waals surface area (Å²) < 4.78 is 6.19. The topological polar surface area (TPSA) is 58.6 Å². The molecule has 0 bridgehead atoms. The van der Waals surface area contributed by atoms with Crippen LogP contribution in [0.3, 0.4) is 0 Å². The van der Waals surface area contributed by atoms with Crippen molar-refractivity contribution in [3.05, 3.63) is 72.1 Å². The Labute approximate surface area is 202 Å². The monoisotopic (exact) mass is 458 g/mol. The minimum atomic E-state index is -0.543. The summed E-state index contributed by atoms with van der Waals surface area (Å²) in [7, 11) is 0. The molecule has 178 valence electrons. The van der Waals surface area contributed by atoms with Crippen LogP contribution in [0.2, 0.25) is 0 Å². The summed E-state index contributed by atoms with van der Waals surface area (Å²) >= 11 is 0. The van der Waals surface area contributed by atoms with Crippen molar-refractivity contribution in [2.45, 2.75) is 46.1 Å². The lowest BCUT2D eigenvalue weighted by atomic mass is 9.85. The molecular weight excluding hydrogens is 424 g/mol. The zero-order valence-corrected chi connectivity index (χ0v) is 20.8. The normalized spacial score (nSPS) is 15.2. The van der Waals surface area contributed by atoms with Crippen molar-refractivity contribution in [3.8, 4) is 17.0 Å². The largest absolute Gasteiger partial charge is 0.481 e. The van der Waals surface area contributed by atoms with E-state index in [0.717, 1.165) is 41.5 Å². The highest BCUT2D eigenvalue weighted by molar-refractivity contribution is 5.81. The highest BCUT2D eigenvalue weighted by Crippen LogP contribution is 2.33. The van der Waals surface area contributed by atoms with Gasteiger partial charge in [0.05, 0.1) is 5.69 Å². The summed E-state index contributed by atoms with van der Waals surface area (Å²) in [5.41, 5.74) is 4.21. The smallest absolute Gasteiger partial charge is 0.263 e. The molecule has 1 aliphatic heterocycles. The van der Waals surface area contributed by atoms with Crippen molar-refractivity contribution in [2.24, 2.45) is 0 Å². The zero-order chi connectivity index (χ0) is 24.3. The van der Waals surface area contributed by atoms with Gasteiger partial charge >= 0.3 is 0 Å². The Balaban J connectivity index is 1.39. The predicted octanol–water partition coefficient (Wildman–Crippen LogP) is 4.87. The van der Waals surface area contributed by atoms with Crippen LogP contribution in [-0.2, 0) is 10.2 Å². The van der Waals surface area contributed by atoms with Crippen LogP contribution in [0.1, 0.15) is 38.8 Å². The molecule has 0 N–H and O–H groups in total. The molecule has 1 saturated heterocycles. The third-order valence-corrected chi connectivity index (χ3v) is 6.23. The van der Waals surface area contributed by atoms with Crippen molar-refractivity contribution in [1.29, 1.82) is 0 Å². The Kier molecular flexibility index (Phi) is 6.87. The maximum Gasteiger partial charge on any atom is 0.263 e. The van der Waals surface area contributed by atoms with Gasteiger partial charge in [-0.1, -0.05) is 68.8 Å². The minimum absolute atomic E-state index is 0.0211. The highest BCUT2D eigenvalue weighted by Gasteiger charge is 2.28. The average molecular weight is 459 g/mol. The van der Waals surface area contributed by atoms with E-state index in [2.05, 4.69) is 48.6 Å². The molecule has 0 spiro atoms. The fraction of sp³-hybridized carbons (Fsp3) is 0.393. The number of carbonyl (C=O) groups is 1. The molecule has 34 heavy (non-hydrogen) atoms. The lowest BCUT2D eigenvalue weighted by Gasteiger charge is -2.36. The Morgan fingerprint density at radius 1 is 0.971 bits per heavy atom. The Hall–Kier alpha value is -3.41. The second-order valence-corrected chi connectivity index (χ2v) is 9.95. The molecule has 6 nitrogen and oxygen atoms in total. The number of carbonyl (C=O) groups excluding carboxylic acids is 1. The van der Waals surface area contributed by atoms with E-state index in [1.54, 1.807) is 6.33 Å². The third-order valence-electron chi connectivity index (χ3n) is 6.23. The number of hydrogen-bond acceptors (Lipinski definition) is 5. The third kappa shape index (κ3) is 5.38. The van der Waals surface area contributed by atoms with Crippen molar-refractivity contribution >= 4 is 11.7 Å². The van der Waals surface area contributed by atoms with Gasteiger partial charge in [0.25, 0.3) is 5.91 Å². The van der Waals surface area contributed by atoms with E-state index in [0.29, 0.717) is 13.1 Å². The lowest BCUT2D eigenvalue weighted by Crippen LogP contribution is -2.52. The van der Waals surface area contributed by atoms with E-state index in [4.69, 9.17) is 4.74 Å². The summed E-state index contributed by atoms with van der Waals surface area (Å²) in [5.74, 6) is 1.69. The molecule has 1 amide bonds. The quantitative estimate of drug-likeness (QED) is 0.546. The maximum absolute atomic E-state index is 13.2. The number of aryl methyl sites for hydroxylation is 1. The first-order valence-electron chi connectivity index (χ1n) is 11.9. The van der Waals surface area contributed by atoms with Crippen LogP contribution in [-0.4, -0.2) is 53.1 Å². The van der Waals surface area contributed by atoms with Gasteiger partial charge in [-0.2, -0.15) is 0 Å². The molecule has 0 radical (unpaired) electrons. The first-order valence-corrected chi connectivity index (χ1v) is 11.9. The number of ether oxygens (including phenoxy) is 1. The van der Waals surface area contributed by atoms with E-state index in [1.165, 1.54) is 5.56 Å². The van der Waals surface area contributed by atoms with E-state index < -0.39 is 6.10 Å². The molecule has 0 saturated carbocycles. The SMILES string of the molecule is Cc1ccc(OC(C)C(=O)N2CCN(c3cc(-c4ccccc4)ncn3)CC2)c(C(C)(C)C)c1. The Bertz CT molecular complexity index is 1130. The van der Waals surface area contributed by atoms with Gasteiger partial charge in [0.1, 0.15) is 17.9 Å². The number of piperazine rings is 1. The lowest BCUT2D eigenvalue weighted by molar-refractivity contribution is -0.138. The molecule has 1 atom stereocenters. The van der Waals surface area contributed by atoms with Gasteiger partial charge in [0.2, 0.25) is 0 Å². The minimum Gasteiger partial charge on any atom is -0.481 e. The average Bonchev–Trinajstić information content (AvgIpc) is 2.85. The van der Waals surface area contributed by atoms with Gasteiger partial charge < -0.3 is 14.5 Å². The summed E-state index contributed by atoms with van der Waals surface area (Å²) in [6.07, 6.45) is 1.07. The number of hydrogen-bond donors (Lipinski definition) is 0. The molecule has 0 aliphatic carbocycles. The standard InChI is InChI=1S/C28H34N4O2/c1-20-11-12-25(23(17-20)28(3,4)5)34-21(2)27(33)32-15-13-31(14-16-32)26-18-24(29-19-30-26)22-9-7-6-8-10-22/h6-12,17-19,21H,13-16H2,1-5H3. The van der Waals surface area contributed by atoms with Gasteiger partial charge in [-0.05, 0) is 30.9 Å². The van der Waals surface area contributed by atoms with Crippen LogP contribution in [0.4, 0.5) is 5.82 Å². The second kappa shape index (κ2) is 9.84. The fourth-order valence-electron chi connectivity index (χ4n) is 4.27. The van der Waals surface area contributed by atoms with Crippen LogP contribution in [0.25, 0.3) is 11.3 Å². The number of anilines is 1. The van der Waals surface area contributed by atoms with Gasteiger partial charge in [-0.25, -0.2) is 9.97 Å². The molecule has 1 aromatic heterocycles. The first kappa shape index (κ1) is 23.7. The summed E-state index contributed by atoms with van der Waals surface area (Å²) in [4.78, 5) is 26.2. The maximum atomic E-state index is 13.2. The molecule has 2 heterocycles. The number of nitrogens with zero attached hydrogens (tertiary/aromatic N) is 4. The highest BCUT2D eigenvalue weighted by atomic mass is 16.5. The molecule has 6 heteroatoms. The molecule has 1 unspecified atom stereocenters. The van der Waals surface area contributed by atoms with Crippen LogP contribution >= 0.6 is 0 Å². The van der Waals surface area contributed by atoms with Gasteiger partial charge in [-0.3, -0.25) is 4.79 Å². The van der Waals surface area contributed by atoms with Crippen LogP contribution in [0.5, 0.6) is 5.75 Å². The summed E-state index contributed by atoms with van der Waals surface area (Å²) in [6, 6.07) is 18.3. The Morgan fingerprint density at radius 2 is 1.68 bits per heavy atom. The van der Waals surface area contributed by atoms with Crippen LogP contribution in [0, 0.1) is 6.92 Å². The molecule has 4 rings (SSSR count). The number of aromatic nitrogens is 2. The van der Waals surface area contributed by atoms with Crippen molar-refractivity contribution in [3.63, 3.8) is 0 Å². The summed E-state index contributed by atoms with van der Waals surface area (Å²) in [6.45, 7) is 13.1. The van der Waals surface area contributed by atoms with Gasteiger partial charge in [0.15, 0.2) is 6.10 Å². The molecule has 1 aliphatic rings. The first-order chi connectivity index (χ1) is 16.2. The fourth-order valence-corrected chi connectivity index (χ4v) is 4.27. The second-order valence-electron chi connectivity index (χ2n) is 9.95. The molecule has 1 fully saturated rings. The number of benzene rings is 2. The zero-order valence-electron chi connectivity index (χ0n) is 20.8. The molecule has 3 aromatic rings. The van der Waals surface area contributed by atoms with Crippen LogP contribution < -0.4 is 9.64 Å². The van der Waals surface area contributed by atoms with Crippen molar-refractivity contribution < 1.29 is 9.53 Å². The van der Waals surface area contributed by atoms with E-state index in [1.807, 2.05) is 60.4 Å². The molecule has 2 aromatic carbocycles. The van der Waals surface area contributed by atoms with E-state index >= 15 is 0 Å². The number of rotatable bonds is 5. The van der Waals surface area contributed by atoms with E-state index in [-0.39, 0.29) is 11.3 Å². The van der Waals surface area contributed by atoms with Crippen LogP contribution in [0.15, 0.2) is 60.9 Å². The Morgan fingerprint density at radius 3 is 2.35 bits per heavy atom. The van der Waals surface area contributed by atoms with Crippen molar-refractivity contribution in [1.82, 2.24) is 14.9 Å². The molecular formula is C28H34N4O2. The van der Waals surface area contributed by atoms with Gasteiger partial charge in [-0.15, -0.1) is 0 Å². The van der Waals surface area contributed by atoms with Gasteiger partial charge in [0, 0.05) is 37.8 Å². The summed E-state index contributed by atoms with van der Waals surface area (Å²) in [5, 5.41) is 0. The van der Waals surface area contributed by atoms with E-state index in [9.17, 15) is 4.79 Å². The van der Waals surface area contributed by atoms with Crippen molar-refractivity contribution in [2.75, 3.05) is 31.1 Å². The number of amides is 1. The predicted molar refractivity (Wildman–Crippen MR) is 136 cm³/mol.